The Kier molecular flexibility index (Phi) is 3.75. The third-order valence-electron chi connectivity index (χ3n) is 3.60. The van der Waals surface area contributed by atoms with Crippen molar-refractivity contribution in [2.75, 3.05) is 11.4 Å². The van der Waals surface area contributed by atoms with E-state index in [1.54, 1.807) is 12.3 Å². The van der Waals surface area contributed by atoms with Gasteiger partial charge in [-0.1, -0.05) is 0 Å². The second kappa shape index (κ2) is 5.69. The predicted molar refractivity (Wildman–Crippen MR) is 84.7 cm³/mol. The zero-order chi connectivity index (χ0) is 14.8. The van der Waals surface area contributed by atoms with Crippen LogP contribution in [0, 0.1) is 6.92 Å². The van der Waals surface area contributed by atoms with Crippen LogP contribution in [0.1, 0.15) is 21.6 Å². The lowest BCUT2D eigenvalue weighted by molar-refractivity contribution is -0.131. The van der Waals surface area contributed by atoms with E-state index < -0.39 is 5.97 Å². The summed E-state index contributed by atoms with van der Waals surface area (Å²) in [4.78, 5) is 18.8. The number of anilines is 1. The van der Waals surface area contributed by atoms with Crippen molar-refractivity contribution < 1.29 is 9.90 Å². The fourth-order valence-electron chi connectivity index (χ4n) is 2.61. The number of aromatic nitrogens is 1. The van der Waals surface area contributed by atoms with Gasteiger partial charge >= 0.3 is 5.97 Å². The molecular formula is C16H16N2O2S. The Labute approximate surface area is 127 Å². The summed E-state index contributed by atoms with van der Waals surface area (Å²) in [7, 11) is 0. The summed E-state index contributed by atoms with van der Waals surface area (Å²) < 4.78 is 0. The lowest BCUT2D eigenvalue weighted by Gasteiger charge is -2.29. The van der Waals surface area contributed by atoms with Gasteiger partial charge in [0.1, 0.15) is 5.82 Å². The molecule has 2 aromatic rings. The first kappa shape index (κ1) is 13.8. The summed E-state index contributed by atoms with van der Waals surface area (Å²) in [5, 5.41) is 10.8. The smallest absolute Gasteiger partial charge is 0.328 e. The van der Waals surface area contributed by atoms with Crippen LogP contribution in [0.4, 0.5) is 5.82 Å². The van der Waals surface area contributed by atoms with Crippen molar-refractivity contribution in [3.05, 3.63) is 51.4 Å². The second-order valence-electron chi connectivity index (χ2n) is 5.12. The van der Waals surface area contributed by atoms with E-state index in [2.05, 4.69) is 21.3 Å². The Bertz CT molecular complexity index is 706. The van der Waals surface area contributed by atoms with E-state index >= 15 is 0 Å². The molecule has 1 N–H and O–H groups in total. The molecule has 0 amide bonds. The number of thiophene rings is 1. The van der Waals surface area contributed by atoms with Gasteiger partial charge in [-0.15, -0.1) is 11.3 Å². The minimum Gasteiger partial charge on any atom is -0.478 e. The van der Waals surface area contributed by atoms with Gasteiger partial charge in [0.15, 0.2) is 0 Å². The Balaban J connectivity index is 1.82. The average Bonchev–Trinajstić information content (AvgIpc) is 2.92. The van der Waals surface area contributed by atoms with Crippen molar-refractivity contribution in [3.63, 3.8) is 0 Å². The molecule has 1 aliphatic heterocycles. The van der Waals surface area contributed by atoms with Crippen LogP contribution >= 0.6 is 11.3 Å². The highest BCUT2D eigenvalue weighted by Crippen LogP contribution is 2.28. The number of nitrogens with zero attached hydrogens (tertiary/aromatic N) is 2. The number of carbonyl (C=O) groups is 1. The largest absolute Gasteiger partial charge is 0.478 e. The van der Waals surface area contributed by atoms with Crippen molar-refractivity contribution in [2.24, 2.45) is 0 Å². The Morgan fingerprint density at radius 1 is 1.52 bits per heavy atom. The van der Waals surface area contributed by atoms with Crippen LogP contribution in [0.2, 0.25) is 0 Å². The first-order valence-corrected chi connectivity index (χ1v) is 7.69. The molecule has 0 bridgehead atoms. The van der Waals surface area contributed by atoms with Gasteiger partial charge in [-0.3, -0.25) is 0 Å². The molecule has 108 valence electrons. The number of aliphatic carboxylic acids is 1. The van der Waals surface area contributed by atoms with Crippen LogP contribution in [0.25, 0.3) is 6.08 Å². The highest BCUT2D eigenvalue weighted by molar-refractivity contribution is 7.10. The van der Waals surface area contributed by atoms with E-state index in [9.17, 15) is 4.79 Å². The van der Waals surface area contributed by atoms with Gasteiger partial charge in [0, 0.05) is 30.2 Å². The van der Waals surface area contributed by atoms with Crippen LogP contribution in [-0.2, 0) is 17.8 Å². The summed E-state index contributed by atoms with van der Waals surface area (Å²) in [6.45, 7) is 3.90. The minimum absolute atomic E-state index is 0.812. The predicted octanol–water partition coefficient (Wildman–Crippen LogP) is 3.11. The Morgan fingerprint density at radius 2 is 2.38 bits per heavy atom. The lowest BCUT2D eigenvalue weighted by Crippen LogP contribution is -2.30. The van der Waals surface area contributed by atoms with E-state index in [1.165, 1.54) is 10.4 Å². The lowest BCUT2D eigenvalue weighted by atomic mass is 10.1. The molecule has 0 atom stereocenters. The molecule has 5 heteroatoms. The van der Waals surface area contributed by atoms with Crippen molar-refractivity contribution in [3.8, 4) is 0 Å². The van der Waals surface area contributed by atoms with Gasteiger partial charge in [-0.05, 0) is 53.6 Å². The van der Waals surface area contributed by atoms with Crippen LogP contribution in [0.3, 0.4) is 0 Å². The molecule has 2 aromatic heterocycles. The van der Waals surface area contributed by atoms with Crippen molar-refractivity contribution in [1.29, 1.82) is 0 Å². The molecule has 0 fully saturated rings. The van der Waals surface area contributed by atoms with Gasteiger partial charge in [0.2, 0.25) is 0 Å². The summed E-state index contributed by atoms with van der Waals surface area (Å²) >= 11 is 1.83. The third-order valence-corrected chi connectivity index (χ3v) is 4.62. The number of carboxylic acid groups (broad SMARTS) is 1. The Morgan fingerprint density at radius 3 is 3.14 bits per heavy atom. The number of carboxylic acids is 1. The molecular weight excluding hydrogens is 284 g/mol. The van der Waals surface area contributed by atoms with E-state index in [-0.39, 0.29) is 0 Å². The van der Waals surface area contributed by atoms with Crippen molar-refractivity contribution in [2.45, 2.75) is 19.9 Å². The average molecular weight is 300 g/mol. The van der Waals surface area contributed by atoms with E-state index in [0.717, 1.165) is 42.5 Å². The highest BCUT2D eigenvalue weighted by atomic mass is 32.1. The number of hydrogen-bond donors (Lipinski definition) is 1. The molecule has 0 aromatic carbocycles. The maximum atomic E-state index is 10.5. The van der Waals surface area contributed by atoms with Crippen LogP contribution in [-0.4, -0.2) is 22.6 Å². The van der Waals surface area contributed by atoms with E-state index in [0.29, 0.717) is 0 Å². The fourth-order valence-corrected chi connectivity index (χ4v) is 3.50. The molecule has 0 unspecified atom stereocenters. The second-order valence-corrected chi connectivity index (χ2v) is 6.12. The topological polar surface area (TPSA) is 53.4 Å². The number of rotatable bonds is 3. The van der Waals surface area contributed by atoms with Crippen LogP contribution in [0.15, 0.2) is 29.8 Å². The monoisotopic (exact) mass is 300 g/mol. The van der Waals surface area contributed by atoms with E-state index in [4.69, 9.17) is 5.11 Å². The summed E-state index contributed by atoms with van der Waals surface area (Å²) in [6.07, 6.45) is 5.49. The fraction of sp³-hybridized carbons (Fsp3) is 0.250. The quantitative estimate of drug-likeness (QED) is 0.885. The van der Waals surface area contributed by atoms with Gasteiger partial charge in [0.05, 0.1) is 0 Å². The summed E-state index contributed by atoms with van der Waals surface area (Å²) in [5.74, 6) is 0.0390. The van der Waals surface area contributed by atoms with E-state index in [1.807, 2.05) is 24.3 Å². The standard InChI is InChI=1S/C16H16N2O2S/c1-11-8-12(2-3-15(19)20)9-17-16(11)18-6-4-14-13(10-18)5-7-21-14/h2-3,5,7-9H,4,6,10H2,1H3,(H,19,20)/b3-2+. The molecule has 1 aliphatic rings. The number of pyridine rings is 1. The number of aryl methyl sites for hydroxylation is 1. The van der Waals surface area contributed by atoms with Gasteiger partial charge in [0.25, 0.3) is 0 Å². The molecule has 3 rings (SSSR count). The molecule has 0 spiro atoms. The zero-order valence-electron chi connectivity index (χ0n) is 11.7. The maximum absolute atomic E-state index is 10.5. The first-order chi connectivity index (χ1) is 10.1. The van der Waals surface area contributed by atoms with Gasteiger partial charge < -0.3 is 10.0 Å². The van der Waals surface area contributed by atoms with Crippen LogP contribution in [0.5, 0.6) is 0 Å². The molecule has 0 saturated heterocycles. The molecule has 0 radical (unpaired) electrons. The summed E-state index contributed by atoms with van der Waals surface area (Å²) in [5.41, 5.74) is 3.27. The molecule has 4 nitrogen and oxygen atoms in total. The SMILES string of the molecule is Cc1cc(/C=C/C(=O)O)cnc1N1CCc2sccc2C1. The zero-order valence-corrected chi connectivity index (χ0v) is 12.6. The molecule has 3 heterocycles. The molecule has 0 saturated carbocycles. The van der Waals surface area contributed by atoms with Gasteiger partial charge in [-0.25, -0.2) is 9.78 Å². The summed E-state index contributed by atoms with van der Waals surface area (Å²) in [6, 6.07) is 4.16. The third kappa shape index (κ3) is 2.97. The molecule has 0 aliphatic carbocycles. The highest BCUT2D eigenvalue weighted by Gasteiger charge is 2.19. The number of fused-ring (bicyclic) bond motifs is 1. The normalized spacial score (nSPS) is 14.4. The first-order valence-electron chi connectivity index (χ1n) is 6.81. The molecule has 21 heavy (non-hydrogen) atoms. The van der Waals surface area contributed by atoms with Gasteiger partial charge in [-0.2, -0.15) is 0 Å². The maximum Gasteiger partial charge on any atom is 0.328 e. The van der Waals surface area contributed by atoms with Crippen molar-refractivity contribution in [1.82, 2.24) is 4.98 Å². The van der Waals surface area contributed by atoms with Crippen LogP contribution < -0.4 is 4.90 Å². The minimum atomic E-state index is -0.947. The number of hydrogen-bond acceptors (Lipinski definition) is 4. The Hall–Kier alpha value is -2.14. The van der Waals surface area contributed by atoms with Crippen molar-refractivity contribution >= 4 is 29.2 Å².